The van der Waals surface area contributed by atoms with Crippen LogP contribution in [0, 0.1) is 0 Å². The topological polar surface area (TPSA) is 35.2 Å². The minimum absolute atomic E-state index is 0.0285. The predicted molar refractivity (Wildman–Crippen MR) is 48.9 cm³/mol. The standard InChI is InChI=1S/C9H20FNO/c1-3-4-5-6-12-8-9(2,10)7-11/h3-8,11H2,1-2H3. The molecule has 0 fully saturated rings. The van der Waals surface area contributed by atoms with E-state index in [1.54, 1.807) is 0 Å². The first-order valence-electron chi connectivity index (χ1n) is 4.59. The van der Waals surface area contributed by atoms with Crippen molar-refractivity contribution in [3.63, 3.8) is 0 Å². The van der Waals surface area contributed by atoms with Crippen molar-refractivity contribution in [1.29, 1.82) is 0 Å². The van der Waals surface area contributed by atoms with Gasteiger partial charge in [-0.25, -0.2) is 4.39 Å². The number of hydrogen-bond acceptors (Lipinski definition) is 2. The summed E-state index contributed by atoms with van der Waals surface area (Å²) in [5.41, 5.74) is 3.84. The summed E-state index contributed by atoms with van der Waals surface area (Å²) in [5, 5.41) is 0. The molecule has 0 aromatic carbocycles. The number of nitrogens with two attached hydrogens (primary N) is 1. The Hall–Kier alpha value is -0.150. The molecule has 0 saturated carbocycles. The minimum atomic E-state index is -1.35. The zero-order valence-electron chi connectivity index (χ0n) is 8.11. The third kappa shape index (κ3) is 6.55. The molecular weight excluding hydrogens is 157 g/mol. The summed E-state index contributed by atoms with van der Waals surface area (Å²) in [6.07, 6.45) is 3.32. The molecule has 0 heterocycles. The lowest BCUT2D eigenvalue weighted by Gasteiger charge is -2.17. The third-order valence-electron chi connectivity index (χ3n) is 1.72. The molecule has 0 amide bonds. The Kier molecular flexibility index (Phi) is 6.30. The van der Waals surface area contributed by atoms with Crippen molar-refractivity contribution in [2.45, 2.75) is 38.8 Å². The fourth-order valence-corrected chi connectivity index (χ4v) is 0.798. The van der Waals surface area contributed by atoms with Crippen LogP contribution in [0.3, 0.4) is 0 Å². The molecule has 0 aliphatic heterocycles. The Morgan fingerprint density at radius 1 is 1.42 bits per heavy atom. The number of hydrogen-bond donors (Lipinski definition) is 1. The SMILES string of the molecule is CCCCCOCC(C)(F)CN. The Bertz CT molecular complexity index is 107. The van der Waals surface area contributed by atoms with Crippen LogP contribution in [0.1, 0.15) is 33.1 Å². The molecule has 0 radical (unpaired) electrons. The molecule has 0 saturated heterocycles. The maximum atomic E-state index is 13.1. The fourth-order valence-electron chi connectivity index (χ4n) is 0.798. The van der Waals surface area contributed by atoms with Crippen molar-refractivity contribution < 1.29 is 9.13 Å². The lowest BCUT2D eigenvalue weighted by molar-refractivity contribution is 0.0295. The summed E-state index contributed by atoms with van der Waals surface area (Å²) >= 11 is 0. The molecule has 0 aliphatic carbocycles. The van der Waals surface area contributed by atoms with E-state index in [1.807, 2.05) is 0 Å². The lowest BCUT2D eigenvalue weighted by Crippen LogP contribution is -2.34. The van der Waals surface area contributed by atoms with Crippen LogP contribution in [-0.4, -0.2) is 25.4 Å². The Morgan fingerprint density at radius 2 is 2.08 bits per heavy atom. The van der Waals surface area contributed by atoms with Gasteiger partial charge in [0.05, 0.1) is 6.61 Å². The van der Waals surface area contributed by atoms with Crippen molar-refractivity contribution in [3.8, 4) is 0 Å². The van der Waals surface area contributed by atoms with Crippen LogP contribution < -0.4 is 5.73 Å². The van der Waals surface area contributed by atoms with Crippen LogP contribution in [0.15, 0.2) is 0 Å². The van der Waals surface area contributed by atoms with Gasteiger partial charge in [-0.3, -0.25) is 0 Å². The highest BCUT2D eigenvalue weighted by atomic mass is 19.1. The molecule has 1 atom stereocenters. The maximum absolute atomic E-state index is 13.1. The molecule has 1 unspecified atom stereocenters. The van der Waals surface area contributed by atoms with Crippen LogP contribution >= 0.6 is 0 Å². The molecule has 2 N–H and O–H groups in total. The van der Waals surface area contributed by atoms with Crippen LogP contribution in [0.5, 0.6) is 0 Å². The Balaban J connectivity index is 3.19. The Labute approximate surface area is 74.3 Å². The zero-order chi connectivity index (χ0) is 9.45. The van der Waals surface area contributed by atoms with Crippen LogP contribution in [0.4, 0.5) is 4.39 Å². The highest BCUT2D eigenvalue weighted by Gasteiger charge is 2.20. The second kappa shape index (κ2) is 6.38. The summed E-state index contributed by atoms with van der Waals surface area (Å²) in [5.74, 6) is 0. The second-order valence-corrected chi connectivity index (χ2v) is 3.38. The van der Waals surface area contributed by atoms with Gasteiger partial charge in [0.15, 0.2) is 0 Å². The van der Waals surface area contributed by atoms with E-state index < -0.39 is 5.67 Å². The molecule has 0 bridgehead atoms. The zero-order valence-corrected chi connectivity index (χ0v) is 8.11. The van der Waals surface area contributed by atoms with E-state index in [0.717, 1.165) is 19.3 Å². The van der Waals surface area contributed by atoms with Crippen molar-refractivity contribution in [3.05, 3.63) is 0 Å². The summed E-state index contributed by atoms with van der Waals surface area (Å²) in [4.78, 5) is 0. The van der Waals surface area contributed by atoms with Crippen molar-refractivity contribution in [2.75, 3.05) is 19.8 Å². The van der Waals surface area contributed by atoms with Crippen LogP contribution in [0.2, 0.25) is 0 Å². The van der Waals surface area contributed by atoms with Gasteiger partial charge in [0.2, 0.25) is 0 Å². The number of rotatable bonds is 7. The first-order chi connectivity index (χ1) is 5.62. The van der Waals surface area contributed by atoms with Gasteiger partial charge in [-0.15, -0.1) is 0 Å². The lowest BCUT2D eigenvalue weighted by atomic mass is 10.1. The van der Waals surface area contributed by atoms with Crippen LogP contribution in [0.25, 0.3) is 0 Å². The molecule has 0 aromatic rings. The van der Waals surface area contributed by atoms with Crippen molar-refractivity contribution >= 4 is 0 Å². The average Bonchev–Trinajstić information content (AvgIpc) is 2.04. The van der Waals surface area contributed by atoms with E-state index in [1.165, 1.54) is 6.92 Å². The van der Waals surface area contributed by atoms with Crippen molar-refractivity contribution in [2.24, 2.45) is 5.73 Å². The minimum Gasteiger partial charge on any atom is -0.378 e. The maximum Gasteiger partial charge on any atom is 0.143 e. The predicted octanol–water partition coefficient (Wildman–Crippen LogP) is 1.88. The van der Waals surface area contributed by atoms with Gasteiger partial charge in [0.1, 0.15) is 5.67 Å². The molecular formula is C9H20FNO. The number of unbranched alkanes of at least 4 members (excludes halogenated alkanes) is 2. The molecule has 3 heteroatoms. The molecule has 0 aliphatic rings. The van der Waals surface area contributed by atoms with Gasteiger partial charge >= 0.3 is 0 Å². The highest BCUT2D eigenvalue weighted by Crippen LogP contribution is 2.08. The van der Waals surface area contributed by atoms with Gasteiger partial charge in [0.25, 0.3) is 0 Å². The average molecular weight is 177 g/mol. The summed E-state index contributed by atoms with van der Waals surface area (Å²) in [6, 6.07) is 0. The van der Waals surface area contributed by atoms with Gasteiger partial charge < -0.3 is 10.5 Å². The van der Waals surface area contributed by atoms with Gasteiger partial charge in [-0.05, 0) is 13.3 Å². The Morgan fingerprint density at radius 3 is 2.58 bits per heavy atom. The molecule has 0 rings (SSSR count). The van der Waals surface area contributed by atoms with E-state index in [9.17, 15) is 4.39 Å². The van der Waals surface area contributed by atoms with Gasteiger partial charge in [-0.1, -0.05) is 19.8 Å². The van der Waals surface area contributed by atoms with E-state index in [2.05, 4.69) is 6.92 Å². The van der Waals surface area contributed by atoms with Gasteiger partial charge in [-0.2, -0.15) is 0 Å². The largest absolute Gasteiger partial charge is 0.378 e. The quantitative estimate of drug-likeness (QED) is 0.603. The first kappa shape index (κ1) is 11.8. The summed E-state index contributed by atoms with van der Waals surface area (Å²) < 4.78 is 18.2. The molecule has 0 spiro atoms. The summed E-state index contributed by atoms with van der Waals surface area (Å²) in [6.45, 7) is 4.38. The second-order valence-electron chi connectivity index (χ2n) is 3.38. The first-order valence-corrected chi connectivity index (χ1v) is 4.59. The molecule has 74 valence electrons. The van der Waals surface area contributed by atoms with E-state index in [-0.39, 0.29) is 13.2 Å². The third-order valence-corrected chi connectivity index (χ3v) is 1.72. The van der Waals surface area contributed by atoms with E-state index in [4.69, 9.17) is 10.5 Å². The monoisotopic (exact) mass is 177 g/mol. The van der Waals surface area contributed by atoms with Crippen molar-refractivity contribution in [1.82, 2.24) is 0 Å². The highest BCUT2D eigenvalue weighted by molar-refractivity contribution is 4.72. The molecule has 2 nitrogen and oxygen atoms in total. The van der Waals surface area contributed by atoms with Gasteiger partial charge in [0, 0.05) is 13.2 Å². The molecule has 12 heavy (non-hydrogen) atoms. The summed E-state index contributed by atoms with van der Waals surface area (Å²) in [7, 11) is 0. The smallest absolute Gasteiger partial charge is 0.143 e. The fraction of sp³-hybridized carbons (Fsp3) is 1.00. The van der Waals surface area contributed by atoms with Crippen LogP contribution in [-0.2, 0) is 4.74 Å². The number of alkyl halides is 1. The van der Waals surface area contributed by atoms with E-state index >= 15 is 0 Å². The van der Waals surface area contributed by atoms with E-state index in [0.29, 0.717) is 6.61 Å². The normalized spacial score (nSPS) is 16.0. The number of ether oxygens (including phenoxy) is 1. The molecule has 0 aromatic heterocycles. The number of halogens is 1.